The summed E-state index contributed by atoms with van der Waals surface area (Å²) < 4.78 is 31.9. The number of piperazine rings is 1. The molecule has 1 fully saturated rings. The number of rotatable bonds is 8. The molecule has 0 saturated carbocycles. The summed E-state index contributed by atoms with van der Waals surface area (Å²) in [5.74, 6) is 1.63. The van der Waals surface area contributed by atoms with E-state index in [4.69, 9.17) is 4.42 Å². The Balaban J connectivity index is 1.25. The molecule has 1 aliphatic heterocycles. The molecular formula is C22H25N5O3S. The van der Waals surface area contributed by atoms with Crippen LogP contribution in [0.2, 0.25) is 0 Å². The molecule has 0 amide bonds. The van der Waals surface area contributed by atoms with Crippen LogP contribution in [0.5, 0.6) is 0 Å². The van der Waals surface area contributed by atoms with E-state index in [2.05, 4.69) is 19.9 Å². The quantitative estimate of drug-likeness (QED) is 0.498. The number of unbranched alkanes of at least 4 members (excludes halogenated alkanes) is 1. The lowest BCUT2D eigenvalue weighted by Gasteiger charge is -2.34. The average molecular weight is 440 g/mol. The third kappa shape index (κ3) is 5.56. The zero-order valence-corrected chi connectivity index (χ0v) is 18.0. The van der Waals surface area contributed by atoms with Crippen molar-refractivity contribution in [2.24, 2.45) is 0 Å². The van der Waals surface area contributed by atoms with Crippen molar-refractivity contribution in [3.05, 3.63) is 72.7 Å². The SMILES string of the molecule is O=S(=O)(/C=C/CCCc1ncccn1)N1CCN(c2ccc(-c3ccoc3)cn2)CC1. The van der Waals surface area contributed by atoms with Gasteiger partial charge in [0.2, 0.25) is 10.0 Å². The fourth-order valence-electron chi connectivity index (χ4n) is 3.46. The fourth-order valence-corrected chi connectivity index (χ4v) is 4.68. The van der Waals surface area contributed by atoms with Crippen LogP contribution in [-0.2, 0) is 16.4 Å². The monoisotopic (exact) mass is 439 g/mol. The summed E-state index contributed by atoms with van der Waals surface area (Å²) in [5.41, 5.74) is 1.97. The molecule has 1 aliphatic rings. The Morgan fingerprint density at radius 2 is 1.81 bits per heavy atom. The highest BCUT2D eigenvalue weighted by atomic mass is 32.2. The van der Waals surface area contributed by atoms with Crippen LogP contribution in [0.3, 0.4) is 0 Å². The molecule has 0 unspecified atom stereocenters. The number of allylic oxidation sites excluding steroid dienone is 1. The van der Waals surface area contributed by atoms with E-state index in [0.29, 0.717) is 32.6 Å². The van der Waals surface area contributed by atoms with Gasteiger partial charge in [-0.2, -0.15) is 4.31 Å². The smallest absolute Gasteiger partial charge is 0.236 e. The predicted octanol–water partition coefficient (Wildman–Crippen LogP) is 3.12. The molecule has 0 aliphatic carbocycles. The van der Waals surface area contributed by atoms with Gasteiger partial charge in [0, 0.05) is 67.7 Å². The summed E-state index contributed by atoms with van der Waals surface area (Å²) in [5, 5.41) is 1.33. The van der Waals surface area contributed by atoms with Crippen LogP contribution in [0.1, 0.15) is 18.7 Å². The molecule has 3 aromatic heterocycles. The first-order chi connectivity index (χ1) is 15.1. The molecule has 162 valence electrons. The van der Waals surface area contributed by atoms with E-state index in [1.165, 1.54) is 9.71 Å². The number of pyridine rings is 1. The summed E-state index contributed by atoms with van der Waals surface area (Å²) >= 11 is 0. The summed E-state index contributed by atoms with van der Waals surface area (Å²) in [4.78, 5) is 15.0. The van der Waals surface area contributed by atoms with Gasteiger partial charge in [0.05, 0.1) is 12.5 Å². The summed E-state index contributed by atoms with van der Waals surface area (Å²) in [7, 11) is -3.41. The number of hydrogen-bond acceptors (Lipinski definition) is 7. The predicted molar refractivity (Wildman–Crippen MR) is 119 cm³/mol. The summed E-state index contributed by atoms with van der Waals surface area (Å²) in [6.07, 6.45) is 12.5. The van der Waals surface area contributed by atoms with Crippen LogP contribution in [0.4, 0.5) is 5.82 Å². The molecule has 1 saturated heterocycles. The van der Waals surface area contributed by atoms with E-state index in [9.17, 15) is 8.42 Å². The van der Waals surface area contributed by atoms with Gasteiger partial charge < -0.3 is 9.32 Å². The summed E-state index contributed by atoms with van der Waals surface area (Å²) in [6, 6.07) is 7.63. The molecule has 8 nitrogen and oxygen atoms in total. The third-order valence-electron chi connectivity index (χ3n) is 5.18. The first kappa shape index (κ1) is 21.2. The van der Waals surface area contributed by atoms with Crippen molar-refractivity contribution in [3.63, 3.8) is 0 Å². The van der Waals surface area contributed by atoms with E-state index in [1.54, 1.807) is 37.1 Å². The molecule has 0 radical (unpaired) electrons. The van der Waals surface area contributed by atoms with Crippen molar-refractivity contribution in [2.75, 3.05) is 31.1 Å². The van der Waals surface area contributed by atoms with Crippen LogP contribution >= 0.6 is 0 Å². The van der Waals surface area contributed by atoms with Crippen LogP contribution in [0.15, 0.2) is 71.3 Å². The Kier molecular flexibility index (Phi) is 6.73. The van der Waals surface area contributed by atoms with Crippen LogP contribution in [0.25, 0.3) is 11.1 Å². The van der Waals surface area contributed by atoms with Gasteiger partial charge in [-0.05, 0) is 37.1 Å². The molecule has 9 heteroatoms. The van der Waals surface area contributed by atoms with E-state index in [0.717, 1.165) is 35.6 Å². The van der Waals surface area contributed by atoms with Crippen LogP contribution in [0, 0.1) is 0 Å². The molecule has 0 N–H and O–H groups in total. The van der Waals surface area contributed by atoms with Crippen molar-refractivity contribution in [2.45, 2.75) is 19.3 Å². The first-order valence-electron chi connectivity index (χ1n) is 10.3. The van der Waals surface area contributed by atoms with E-state index >= 15 is 0 Å². The normalized spacial score (nSPS) is 15.5. The number of hydrogen-bond donors (Lipinski definition) is 0. The number of anilines is 1. The lowest BCUT2D eigenvalue weighted by molar-refractivity contribution is 0.388. The molecule has 4 rings (SSSR count). The molecule has 3 aromatic rings. The van der Waals surface area contributed by atoms with Crippen molar-refractivity contribution in [1.29, 1.82) is 0 Å². The van der Waals surface area contributed by atoms with Gasteiger partial charge in [-0.25, -0.2) is 23.4 Å². The molecular weight excluding hydrogens is 414 g/mol. The molecule has 0 aromatic carbocycles. The highest BCUT2D eigenvalue weighted by molar-refractivity contribution is 7.92. The van der Waals surface area contributed by atoms with Gasteiger partial charge in [-0.3, -0.25) is 0 Å². The van der Waals surface area contributed by atoms with E-state index < -0.39 is 10.0 Å². The maximum absolute atomic E-state index is 12.6. The Bertz CT molecular complexity index is 1080. The van der Waals surface area contributed by atoms with Gasteiger partial charge in [-0.15, -0.1) is 0 Å². The lowest BCUT2D eigenvalue weighted by atomic mass is 10.1. The van der Waals surface area contributed by atoms with Gasteiger partial charge in [-0.1, -0.05) is 6.08 Å². The second-order valence-corrected chi connectivity index (χ2v) is 9.10. The van der Waals surface area contributed by atoms with Gasteiger partial charge in [0.15, 0.2) is 0 Å². The number of furan rings is 1. The zero-order chi connectivity index (χ0) is 21.5. The Labute approximate surface area is 182 Å². The Morgan fingerprint density at radius 1 is 1.00 bits per heavy atom. The Hall–Kier alpha value is -3.04. The maximum atomic E-state index is 12.6. The summed E-state index contributed by atoms with van der Waals surface area (Å²) in [6.45, 7) is 2.10. The molecule has 0 bridgehead atoms. The van der Waals surface area contributed by atoms with E-state index in [1.807, 2.05) is 24.4 Å². The molecule has 31 heavy (non-hydrogen) atoms. The third-order valence-corrected chi connectivity index (χ3v) is 6.80. The molecule has 0 spiro atoms. The zero-order valence-electron chi connectivity index (χ0n) is 17.2. The standard InChI is InChI=1S/C22H25N5O3S/c28-31(29,16-3-1-2-5-21-23-9-4-10-24-21)27-13-11-26(12-14-27)22-7-6-19(17-25-22)20-8-15-30-18-20/h3-4,6-10,15-18H,1-2,5,11-14H2/b16-3+. The second-order valence-electron chi connectivity index (χ2n) is 7.28. The van der Waals surface area contributed by atoms with E-state index in [-0.39, 0.29) is 0 Å². The van der Waals surface area contributed by atoms with Crippen molar-refractivity contribution in [3.8, 4) is 11.1 Å². The topological polar surface area (TPSA) is 92.4 Å². The van der Waals surface area contributed by atoms with Crippen molar-refractivity contribution in [1.82, 2.24) is 19.3 Å². The maximum Gasteiger partial charge on any atom is 0.236 e. The first-order valence-corrected chi connectivity index (χ1v) is 11.8. The number of aryl methyl sites for hydroxylation is 1. The van der Waals surface area contributed by atoms with Crippen LogP contribution in [-0.4, -0.2) is 53.9 Å². The highest BCUT2D eigenvalue weighted by Crippen LogP contribution is 2.22. The van der Waals surface area contributed by atoms with Gasteiger partial charge >= 0.3 is 0 Å². The second kappa shape index (κ2) is 9.84. The minimum absolute atomic E-state index is 0.440. The average Bonchev–Trinajstić information content (AvgIpc) is 3.35. The molecule has 0 atom stereocenters. The van der Waals surface area contributed by atoms with Crippen molar-refractivity contribution >= 4 is 15.8 Å². The minimum Gasteiger partial charge on any atom is -0.472 e. The highest BCUT2D eigenvalue weighted by Gasteiger charge is 2.25. The largest absolute Gasteiger partial charge is 0.472 e. The van der Waals surface area contributed by atoms with Crippen molar-refractivity contribution < 1.29 is 12.8 Å². The fraction of sp³-hybridized carbons (Fsp3) is 0.318. The molecule has 4 heterocycles. The van der Waals surface area contributed by atoms with Crippen LogP contribution < -0.4 is 4.90 Å². The number of sulfonamides is 1. The van der Waals surface area contributed by atoms with Gasteiger partial charge in [0.25, 0.3) is 0 Å². The Morgan fingerprint density at radius 3 is 2.48 bits per heavy atom. The minimum atomic E-state index is -3.41. The van der Waals surface area contributed by atoms with Gasteiger partial charge in [0.1, 0.15) is 11.6 Å². The number of nitrogens with zero attached hydrogens (tertiary/aromatic N) is 5. The number of aromatic nitrogens is 3. The lowest BCUT2D eigenvalue weighted by Crippen LogP contribution is -2.48.